The summed E-state index contributed by atoms with van der Waals surface area (Å²) in [7, 11) is 2.20. The Balaban J connectivity index is 1.69. The van der Waals surface area contributed by atoms with Crippen LogP contribution in [0.1, 0.15) is 36.0 Å². The summed E-state index contributed by atoms with van der Waals surface area (Å²) in [6.45, 7) is 3.46. The number of nitrogens with zero attached hydrogens (tertiary/aromatic N) is 1. The Labute approximate surface area is 104 Å². The van der Waals surface area contributed by atoms with Crippen molar-refractivity contribution in [2.24, 2.45) is 0 Å². The Hall–Kier alpha value is -0.860. The molecule has 1 fully saturated rings. The molecule has 0 bridgehead atoms. The minimum absolute atomic E-state index is 0.709. The predicted octanol–water partition coefficient (Wildman–Crippen LogP) is 2.32. The van der Waals surface area contributed by atoms with Crippen molar-refractivity contribution in [2.45, 2.75) is 44.8 Å². The fourth-order valence-electron chi connectivity index (χ4n) is 3.13. The average Bonchev–Trinajstić information content (AvgIpc) is 2.70. The number of hydrogen-bond donors (Lipinski definition) is 1. The summed E-state index contributed by atoms with van der Waals surface area (Å²) in [5, 5.41) is 3.63. The van der Waals surface area contributed by atoms with Crippen LogP contribution in [-0.4, -0.2) is 24.5 Å². The smallest absolute Gasteiger partial charge is 0.0237 e. The van der Waals surface area contributed by atoms with Crippen molar-refractivity contribution in [3.63, 3.8) is 0 Å². The number of hydrogen-bond acceptors (Lipinski definition) is 2. The van der Waals surface area contributed by atoms with Crippen molar-refractivity contribution in [1.29, 1.82) is 0 Å². The lowest BCUT2D eigenvalue weighted by molar-refractivity contribution is 0.353. The minimum atomic E-state index is 0.709. The second-order valence-corrected chi connectivity index (χ2v) is 5.63. The van der Waals surface area contributed by atoms with Crippen molar-refractivity contribution in [1.82, 2.24) is 10.2 Å². The molecular weight excluding hydrogens is 208 g/mol. The third-order valence-electron chi connectivity index (χ3n) is 4.05. The fraction of sp³-hybridized carbons (Fsp3) is 0.600. The lowest BCUT2D eigenvalue weighted by Gasteiger charge is -2.23. The molecule has 1 aromatic rings. The second-order valence-electron chi connectivity index (χ2n) is 5.63. The van der Waals surface area contributed by atoms with E-state index in [-0.39, 0.29) is 0 Å². The Kier molecular flexibility index (Phi) is 3.17. The van der Waals surface area contributed by atoms with E-state index in [2.05, 4.69) is 35.5 Å². The lowest BCUT2D eigenvalue weighted by Crippen LogP contribution is -2.35. The van der Waals surface area contributed by atoms with Gasteiger partial charge in [0.25, 0.3) is 0 Å². The zero-order valence-corrected chi connectivity index (χ0v) is 10.7. The summed E-state index contributed by atoms with van der Waals surface area (Å²) in [5.41, 5.74) is 4.58. The topological polar surface area (TPSA) is 15.3 Å². The highest BCUT2D eigenvalue weighted by molar-refractivity contribution is 5.35. The molecule has 1 saturated heterocycles. The number of piperidine rings is 1. The van der Waals surface area contributed by atoms with Crippen molar-refractivity contribution in [3.05, 3.63) is 34.9 Å². The highest BCUT2D eigenvalue weighted by Crippen LogP contribution is 2.23. The fourth-order valence-corrected chi connectivity index (χ4v) is 3.13. The van der Waals surface area contributed by atoms with E-state index in [1.807, 2.05) is 0 Å². The van der Waals surface area contributed by atoms with Crippen LogP contribution >= 0.6 is 0 Å². The molecule has 2 aliphatic heterocycles. The van der Waals surface area contributed by atoms with Crippen LogP contribution in [0.5, 0.6) is 0 Å². The van der Waals surface area contributed by atoms with Gasteiger partial charge in [-0.05, 0) is 49.5 Å². The average molecular weight is 230 g/mol. The standard InChI is InChI=1S/C15H22N2/c1-17-10-13-6-5-12(8-14(13)11-17)9-15-4-2-3-7-16-15/h5-6,8,15-16H,2-4,7,9-11H2,1H3. The molecule has 3 rings (SSSR count). The van der Waals surface area contributed by atoms with Crippen LogP contribution in [0.4, 0.5) is 0 Å². The maximum Gasteiger partial charge on any atom is 0.0237 e. The summed E-state index contributed by atoms with van der Waals surface area (Å²) in [6, 6.07) is 7.79. The normalized spacial score (nSPS) is 24.9. The monoisotopic (exact) mass is 230 g/mol. The summed E-state index contributed by atoms with van der Waals surface area (Å²) in [6.07, 6.45) is 5.30. The van der Waals surface area contributed by atoms with Crippen LogP contribution in [-0.2, 0) is 19.5 Å². The molecule has 0 saturated carbocycles. The van der Waals surface area contributed by atoms with Gasteiger partial charge in [0.1, 0.15) is 0 Å². The molecule has 2 nitrogen and oxygen atoms in total. The highest BCUT2D eigenvalue weighted by atomic mass is 15.1. The maximum atomic E-state index is 3.63. The van der Waals surface area contributed by atoms with Gasteiger partial charge >= 0.3 is 0 Å². The van der Waals surface area contributed by atoms with Gasteiger partial charge in [-0.1, -0.05) is 24.6 Å². The molecule has 1 unspecified atom stereocenters. The van der Waals surface area contributed by atoms with Gasteiger partial charge in [0, 0.05) is 19.1 Å². The second kappa shape index (κ2) is 4.79. The van der Waals surface area contributed by atoms with Crippen LogP contribution in [0.2, 0.25) is 0 Å². The van der Waals surface area contributed by atoms with Gasteiger partial charge in [-0.25, -0.2) is 0 Å². The van der Waals surface area contributed by atoms with Crippen molar-refractivity contribution in [2.75, 3.05) is 13.6 Å². The summed E-state index contributed by atoms with van der Waals surface area (Å²) in [4.78, 5) is 2.38. The number of rotatable bonds is 2. The van der Waals surface area contributed by atoms with Crippen LogP contribution in [0.15, 0.2) is 18.2 Å². The van der Waals surface area contributed by atoms with Crippen LogP contribution in [0.25, 0.3) is 0 Å². The quantitative estimate of drug-likeness (QED) is 0.839. The van der Waals surface area contributed by atoms with Crippen LogP contribution < -0.4 is 5.32 Å². The highest BCUT2D eigenvalue weighted by Gasteiger charge is 2.17. The predicted molar refractivity (Wildman–Crippen MR) is 71.0 cm³/mol. The van der Waals surface area contributed by atoms with E-state index in [0.717, 1.165) is 13.1 Å². The zero-order valence-electron chi connectivity index (χ0n) is 10.7. The summed E-state index contributed by atoms with van der Waals surface area (Å²) >= 11 is 0. The van der Waals surface area contributed by atoms with E-state index in [9.17, 15) is 0 Å². The molecule has 1 atom stereocenters. The van der Waals surface area contributed by atoms with Gasteiger partial charge in [0.2, 0.25) is 0 Å². The Morgan fingerprint density at radius 2 is 2.12 bits per heavy atom. The number of benzene rings is 1. The molecule has 2 heterocycles. The molecular formula is C15H22N2. The Bertz CT molecular complexity index is 394. The van der Waals surface area contributed by atoms with Gasteiger partial charge in [-0.3, -0.25) is 4.90 Å². The van der Waals surface area contributed by atoms with E-state index in [0.29, 0.717) is 6.04 Å². The van der Waals surface area contributed by atoms with Crippen molar-refractivity contribution in [3.8, 4) is 0 Å². The van der Waals surface area contributed by atoms with Gasteiger partial charge in [0.05, 0.1) is 0 Å². The summed E-state index contributed by atoms with van der Waals surface area (Å²) < 4.78 is 0. The van der Waals surface area contributed by atoms with Gasteiger partial charge in [-0.15, -0.1) is 0 Å². The van der Waals surface area contributed by atoms with E-state index in [4.69, 9.17) is 0 Å². The molecule has 0 spiro atoms. The minimum Gasteiger partial charge on any atom is -0.314 e. The number of nitrogens with one attached hydrogen (secondary N) is 1. The molecule has 92 valence electrons. The van der Waals surface area contributed by atoms with Gasteiger partial charge in [0.15, 0.2) is 0 Å². The van der Waals surface area contributed by atoms with Crippen LogP contribution in [0, 0.1) is 0 Å². The van der Waals surface area contributed by atoms with E-state index >= 15 is 0 Å². The Morgan fingerprint density at radius 3 is 2.94 bits per heavy atom. The van der Waals surface area contributed by atoms with E-state index in [1.165, 1.54) is 43.4 Å². The SMILES string of the molecule is CN1Cc2ccc(CC3CCCCN3)cc2C1. The summed E-state index contributed by atoms with van der Waals surface area (Å²) in [5.74, 6) is 0. The molecule has 17 heavy (non-hydrogen) atoms. The zero-order chi connectivity index (χ0) is 11.7. The number of fused-ring (bicyclic) bond motifs is 1. The first-order valence-electron chi connectivity index (χ1n) is 6.84. The molecule has 0 aromatic heterocycles. The molecule has 2 heteroatoms. The first kappa shape index (κ1) is 11.2. The largest absolute Gasteiger partial charge is 0.314 e. The third kappa shape index (κ3) is 2.53. The third-order valence-corrected chi connectivity index (χ3v) is 4.05. The molecule has 0 amide bonds. The van der Waals surface area contributed by atoms with E-state index < -0.39 is 0 Å². The van der Waals surface area contributed by atoms with Crippen molar-refractivity contribution < 1.29 is 0 Å². The molecule has 1 N–H and O–H groups in total. The van der Waals surface area contributed by atoms with Gasteiger partial charge < -0.3 is 5.32 Å². The lowest BCUT2D eigenvalue weighted by atomic mass is 9.96. The van der Waals surface area contributed by atoms with Gasteiger partial charge in [-0.2, -0.15) is 0 Å². The molecule has 1 aromatic carbocycles. The molecule has 0 radical (unpaired) electrons. The molecule has 0 aliphatic carbocycles. The Morgan fingerprint density at radius 1 is 1.24 bits per heavy atom. The first-order chi connectivity index (χ1) is 8.31. The first-order valence-corrected chi connectivity index (χ1v) is 6.84. The maximum absolute atomic E-state index is 3.63. The van der Waals surface area contributed by atoms with Crippen LogP contribution in [0.3, 0.4) is 0 Å². The van der Waals surface area contributed by atoms with E-state index in [1.54, 1.807) is 5.56 Å². The van der Waals surface area contributed by atoms with Crippen molar-refractivity contribution >= 4 is 0 Å². The molecule has 2 aliphatic rings.